The molecule has 1 aromatic rings. The van der Waals surface area contributed by atoms with Crippen molar-refractivity contribution in [2.24, 2.45) is 0 Å². The van der Waals surface area contributed by atoms with E-state index in [0.29, 0.717) is 0 Å². The van der Waals surface area contributed by atoms with Crippen LogP contribution in [-0.4, -0.2) is 21.0 Å². The second-order valence-corrected chi connectivity index (χ2v) is 18.0. The van der Waals surface area contributed by atoms with Crippen molar-refractivity contribution < 1.29 is 13.0 Å². The summed E-state index contributed by atoms with van der Waals surface area (Å²) < 4.78 is 31.7. The number of benzene rings is 1. The minimum absolute atomic E-state index is 0.0409. The van der Waals surface area contributed by atoms with Gasteiger partial charge < -0.3 is 0 Å². The summed E-state index contributed by atoms with van der Waals surface area (Å²) in [6.45, 7) is 21.1. The molecule has 0 amide bonds. The van der Waals surface area contributed by atoms with Gasteiger partial charge in [-0.2, -0.15) is 8.42 Å². The van der Waals surface area contributed by atoms with Crippen LogP contribution in [0.15, 0.2) is 29.2 Å². The van der Waals surface area contributed by atoms with Gasteiger partial charge in [-0.05, 0) is 33.3 Å². The van der Waals surface area contributed by atoms with Crippen LogP contribution in [0.25, 0.3) is 0 Å². The topological polar surface area (TPSA) is 54.4 Å². The first-order valence-electron chi connectivity index (χ1n) is 8.50. The molecule has 0 atom stereocenters. The van der Waals surface area contributed by atoms with Gasteiger partial charge in [0.05, 0.1) is 13.0 Å². The van der Waals surface area contributed by atoms with E-state index in [9.17, 15) is 13.0 Å². The Kier molecular flexibility index (Phi) is 5.58. The van der Waals surface area contributed by atoms with Crippen LogP contribution in [0.1, 0.15) is 67.9 Å². The van der Waals surface area contributed by atoms with E-state index in [4.69, 9.17) is 0 Å². The Morgan fingerprint density at radius 2 is 1.12 bits per heavy atom. The maximum Gasteiger partial charge on any atom is 0.294 e. The van der Waals surface area contributed by atoms with Gasteiger partial charge in [-0.1, -0.05) is 80.0 Å². The third-order valence-corrected chi connectivity index (χ3v) is 15.0. The zero-order valence-electron chi connectivity index (χ0n) is 16.7. The molecule has 0 aliphatic carbocycles. The maximum atomic E-state index is 11.3. The standard InChI is InChI=1S/C19H34O3SSi/c1-17(2,3)24(18(4,5)6,19(7,8)9)14-15-10-12-16(13-11-15)23(20,21)22/h10-13H,14H2,1-9H3,(H,20,21,22). The second kappa shape index (κ2) is 6.26. The molecule has 0 aliphatic rings. The molecule has 0 heterocycles. The lowest BCUT2D eigenvalue weighted by Crippen LogP contribution is -2.60. The maximum absolute atomic E-state index is 11.3. The smallest absolute Gasteiger partial charge is 0.282 e. The van der Waals surface area contributed by atoms with E-state index in [1.54, 1.807) is 0 Å². The average Bonchev–Trinajstić information content (AvgIpc) is 2.30. The number of rotatable bonds is 3. The zero-order valence-corrected chi connectivity index (χ0v) is 18.5. The minimum atomic E-state index is -4.14. The molecule has 0 saturated carbocycles. The highest BCUT2D eigenvalue weighted by atomic mass is 32.2. The van der Waals surface area contributed by atoms with Crippen molar-refractivity contribution >= 4 is 18.2 Å². The van der Waals surface area contributed by atoms with Crippen molar-refractivity contribution in [1.29, 1.82) is 0 Å². The van der Waals surface area contributed by atoms with Gasteiger partial charge in [-0.25, -0.2) is 0 Å². The molecule has 0 unspecified atom stereocenters. The molecule has 138 valence electrons. The fourth-order valence-corrected chi connectivity index (χ4v) is 14.9. The highest BCUT2D eigenvalue weighted by molar-refractivity contribution is 7.85. The van der Waals surface area contributed by atoms with E-state index in [2.05, 4.69) is 62.3 Å². The van der Waals surface area contributed by atoms with Gasteiger partial charge in [-0.3, -0.25) is 4.55 Å². The molecule has 1 aromatic carbocycles. The van der Waals surface area contributed by atoms with Crippen LogP contribution in [0.4, 0.5) is 0 Å². The molecule has 0 fully saturated rings. The Morgan fingerprint density at radius 1 is 0.792 bits per heavy atom. The van der Waals surface area contributed by atoms with E-state index in [0.717, 1.165) is 11.6 Å². The molecule has 0 spiro atoms. The van der Waals surface area contributed by atoms with Gasteiger partial charge in [0.2, 0.25) is 0 Å². The summed E-state index contributed by atoms with van der Waals surface area (Å²) in [4.78, 5) is -0.0409. The number of hydrogen-bond acceptors (Lipinski definition) is 2. The summed E-state index contributed by atoms with van der Waals surface area (Å²) in [7, 11) is -6.05. The first-order chi connectivity index (χ1) is 10.4. The van der Waals surface area contributed by atoms with Crippen LogP contribution in [0.2, 0.25) is 15.1 Å². The van der Waals surface area contributed by atoms with E-state index in [1.807, 2.05) is 12.1 Å². The molecule has 5 heteroatoms. The monoisotopic (exact) mass is 370 g/mol. The van der Waals surface area contributed by atoms with Crippen molar-refractivity contribution in [3.8, 4) is 0 Å². The van der Waals surface area contributed by atoms with Gasteiger partial charge in [-0.15, -0.1) is 0 Å². The predicted octanol–water partition coefficient (Wildman–Crippen LogP) is 5.86. The van der Waals surface area contributed by atoms with Crippen molar-refractivity contribution in [3.63, 3.8) is 0 Å². The summed E-state index contributed by atoms with van der Waals surface area (Å²) in [6.07, 6.45) is 0. The van der Waals surface area contributed by atoms with Gasteiger partial charge in [0.1, 0.15) is 0 Å². The Labute approximate surface area is 149 Å². The van der Waals surface area contributed by atoms with E-state index >= 15 is 0 Å². The van der Waals surface area contributed by atoms with Gasteiger partial charge in [0, 0.05) is 0 Å². The summed E-state index contributed by atoms with van der Waals surface area (Å²) in [5.41, 5.74) is 1.15. The van der Waals surface area contributed by atoms with Crippen LogP contribution in [0.3, 0.4) is 0 Å². The first-order valence-corrected chi connectivity index (χ1v) is 12.1. The van der Waals surface area contributed by atoms with Gasteiger partial charge in [0.25, 0.3) is 10.1 Å². The highest BCUT2D eigenvalue weighted by Gasteiger charge is 2.58. The van der Waals surface area contributed by atoms with Crippen LogP contribution in [0.5, 0.6) is 0 Å². The normalized spacial score (nSPS) is 14.8. The molecule has 0 aromatic heterocycles. The summed E-state index contributed by atoms with van der Waals surface area (Å²) in [5.74, 6) is 0. The first kappa shape index (κ1) is 21.4. The highest BCUT2D eigenvalue weighted by Crippen LogP contribution is 2.63. The fourth-order valence-electron chi connectivity index (χ4n) is 5.26. The second-order valence-electron chi connectivity index (χ2n) is 9.95. The molecule has 0 saturated heterocycles. The Morgan fingerprint density at radius 3 is 1.38 bits per heavy atom. The average molecular weight is 371 g/mol. The van der Waals surface area contributed by atoms with Crippen LogP contribution in [-0.2, 0) is 16.2 Å². The Balaban J connectivity index is 3.49. The van der Waals surface area contributed by atoms with E-state index in [-0.39, 0.29) is 20.0 Å². The van der Waals surface area contributed by atoms with E-state index < -0.39 is 18.2 Å². The Hall–Kier alpha value is -0.653. The van der Waals surface area contributed by atoms with Crippen LogP contribution >= 0.6 is 0 Å². The fraction of sp³-hybridized carbons (Fsp3) is 0.684. The molecule has 24 heavy (non-hydrogen) atoms. The number of hydrogen-bond donors (Lipinski definition) is 1. The van der Waals surface area contributed by atoms with Gasteiger partial charge >= 0.3 is 0 Å². The summed E-state index contributed by atoms with van der Waals surface area (Å²) >= 11 is 0. The molecule has 1 N–H and O–H groups in total. The Bertz CT molecular complexity index is 633. The largest absolute Gasteiger partial charge is 0.294 e. The molecular formula is C19H34O3SSi. The quantitative estimate of drug-likeness (QED) is 0.535. The third kappa shape index (κ3) is 3.94. The van der Waals surface area contributed by atoms with Crippen LogP contribution < -0.4 is 0 Å². The van der Waals surface area contributed by atoms with Crippen molar-refractivity contribution in [3.05, 3.63) is 29.8 Å². The lowest BCUT2D eigenvalue weighted by Gasteiger charge is -2.60. The van der Waals surface area contributed by atoms with Crippen molar-refractivity contribution in [2.45, 2.75) is 88.4 Å². The molecule has 0 bridgehead atoms. The summed E-state index contributed by atoms with van der Waals surface area (Å²) in [5, 5.41) is 0.557. The van der Waals surface area contributed by atoms with Crippen molar-refractivity contribution in [1.82, 2.24) is 0 Å². The summed E-state index contributed by atoms with van der Waals surface area (Å²) in [6, 6.07) is 7.72. The molecule has 3 nitrogen and oxygen atoms in total. The molecule has 1 rings (SSSR count). The predicted molar refractivity (Wildman–Crippen MR) is 105 cm³/mol. The van der Waals surface area contributed by atoms with Gasteiger partial charge in [0.15, 0.2) is 0 Å². The zero-order chi connectivity index (χ0) is 19.2. The van der Waals surface area contributed by atoms with Crippen molar-refractivity contribution in [2.75, 3.05) is 0 Å². The molecule has 0 radical (unpaired) electrons. The van der Waals surface area contributed by atoms with E-state index in [1.165, 1.54) is 12.1 Å². The lowest BCUT2D eigenvalue weighted by atomic mass is 10.2. The lowest BCUT2D eigenvalue weighted by molar-refractivity contribution is 0.483. The SMILES string of the molecule is CC(C)(C)[Si](Cc1ccc(S(=O)(=O)O)cc1)(C(C)(C)C)C(C)(C)C. The molecular weight excluding hydrogens is 336 g/mol. The third-order valence-electron chi connectivity index (χ3n) is 5.53. The van der Waals surface area contributed by atoms with Crippen LogP contribution in [0, 0.1) is 0 Å². The minimum Gasteiger partial charge on any atom is -0.282 e. The molecule has 0 aliphatic heterocycles.